The number of rotatable bonds is 3. The van der Waals surface area contributed by atoms with E-state index in [4.69, 9.17) is 23.2 Å². The SMILES string of the molecule is CCC(=O)[C@H]1CNC[C@@H]1c1ccc(Cl)c(Cl)c1. The number of hydrogen-bond donors (Lipinski definition) is 1. The van der Waals surface area contributed by atoms with E-state index < -0.39 is 0 Å². The van der Waals surface area contributed by atoms with Crippen molar-refractivity contribution in [3.8, 4) is 0 Å². The smallest absolute Gasteiger partial charge is 0.137 e. The van der Waals surface area contributed by atoms with Crippen molar-refractivity contribution in [3.05, 3.63) is 33.8 Å². The van der Waals surface area contributed by atoms with Gasteiger partial charge in [0, 0.05) is 31.3 Å². The lowest BCUT2D eigenvalue weighted by atomic mass is 9.85. The molecule has 1 aromatic rings. The van der Waals surface area contributed by atoms with Gasteiger partial charge in [-0.2, -0.15) is 0 Å². The van der Waals surface area contributed by atoms with Crippen molar-refractivity contribution in [2.24, 2.45) is 5.92 Å². The van der Waals surface area contributed by atoms with Crippen LogP contribution in [0.4, 0.5) is 0 Å². The van der Waals surface area contributed by atoms with Crippen LogP contribution in [0.25, 0.3) is 0 Å². The largest absolute Gasteiger partial charge is 0.315 e. The summed E-state index contributed by atoms with van der Waals surface area (Å²) in [5.74, 6) is 0.598. The lowest BCUT2D eigenvalue weighted by molar-refractivity contribution is -0.122. The number of halogens is 2. The molecule has 1 aromatic carbocycles. The highest BCUT2D eigenvalue weighted by Crippen LogP contribution is 2.33. The first kappa shape index (κ1) is 12.9. The van der Waals surface area contributed by atoms with Crippen molar-refractivity contribution in [2.45, 2.75) is 19.3 Å². The molecule has 17 heavy (non-hydrogen) atoms. The molecule has 0 aromatic heterocycles. The van der Waals surface area contributed by atoms with E-state index in [-0.39, 0.29) is 11.8 Å². The molecule has 0 radical (unpaired) electrons. The molecule has 0 saturated carbocycles. The van der Waals surface area contributed by atoms with Gasteiger partial charge in [0.1, 0.15) is 5.78 Å². The molecule has 0 bridgehead atoms. The Labute approximate surface area is 111 Å². The number of benzene rings is 1. The molecule has 1 saturated heterocycles. The van der Waals surface area contributed by atoms with Crippen LogP contribution in [0.1, 0.15) is 24.8 Å². The van der Waals surface area contributed by atoms with Crippen molar-refractivity contribution in [1.29, 1.82) is 0 Å². The molecule has 1 heterocycles. The lowest BCUT2D eigenvalue weighted by Crippen LogP contribution is -2.20. The predicted molar refractivity (Wildman–Crippen MR) is 70.9 cm³/mol. The zero-order valence-electron chi connectivity index (χ0n) is 9.67. The molecule has 0 amide bonds. The minimum absolute atomic E-state index is 0.0669. The van der Waals surface area contributed by atoms with Crippen LogP contribution in [0.3, 0.4) is 0 Å². The first-order valence-electron chi connectivity index (χ1n) is 5.82. The average Bonchev–Trinajstić information content (AvgIpc) is 2.80. The van der Waals surface area contributed by atoms with E-state index in [1.807, 2.05) is 19.1 Å². The number of Topliss-reactive ketones (excluding diaryl/α,β-unsaturated/α-hetero) is 1. The summed E-state index contributed by atoms with van der Waals surface area (Å²) in [6, 6.07) is 5.63. The first-order chi connectivity index (χ1) is 8.13. The maximum absolute atomic E-state index is 11.9. The maximum Gasteiger partial charge on any atom is 0.137 e. The third-order valence-electron chi connectivity index (χ3n) is 3.35. The molecule has 2 nitrogen and oxygen atoms in total. The molecule has 1 fully saturated rings. The number of hydrogen-bond acceptors (Lipinski definition) is 2. The van der Waals surface area contributed by atoms with E-state index in [0.29, 0.717) is 22.2 Å². The monoisotopic (exact) mass is 271 g/mol. The lowest BCUT2D eigenvalue weighted by Gasteiger charge is -2.17. The summed E-state index contributed by atoms with van der Waals surface area (Å²) in [6.45, 7) is 3.50. The van der Waals surface area contributed by atoms with E-state index in [9.17, 15) is 4.79 Å². The van der Waals surface area contributed by atoms with E-state index in [2.05, 4.69) is 5.32 Å². The molecular weight excluding hydrogens is 257 g/mol. The topological polar surface area (TPSA) is 29.1 Å². The third kappa shape index (κ3) is 2.65. The highest BCUT2D eigenvalue weighted by atomic mass is 35.5. The Morgan fingerprint density at radius 3 is 2.76 bits per heavy atom. The molecule has 1 aliphatic rings. The summed E-state index contributed by atoms with van der Waals surface area (Å²) >= 11 is 11.9. The van der Waals surface area contributed by atoms with Gasteiger partial charge in [0.05, 0.1) is 10.0 Å². The van der Waals surface area contributed by atoms with E-state index >= 15 is 0 Å². The van der Waals surface area contributed by atoms with Crippen molar-refractivity contribution in [2.75, 3.05) is 13.1 Å². The minimum Gasteiger partial charge on any atom is -0.315 e. The molecule has 0 aliphatic carbocycles. The molecule has 0 spiro atoms. The van der Waals surface area contributed by atoms with Gasteiger partial charge >= 0.3 is 0 Å². The summed E-state index contributed by atoms with van der Waals surface area (Å²) in [5.41, 5.74) is 1.09. The Kier molecular flexibility index (Phi) is 4.08. The average molecular weight is 272 g/mol. The van der Waals surface area contributed by atoms with Gasteiger partial charge < -0.3 is 5.32 Å². The van der Waals surface area contributed by atoms with Crippen LogP contribution in [0.2, 0.25) is 10.0 Å². The van der Waals surface area contributed by atoms with Gasteiger partial charge in [-0.3, -0.25) is 4.79 Å². The molecular formula is C13H15Cl2NO. The maximum atomic E-state index is 11.9. The van der Waals surface area contributed by atoms with Crippen LogP contribution in [-0.4, -0.2) is 18.9 Å². The third-order valence-corrected chi connectivity index (χ3v) is 4.09. The predicted octanol–water partition coefficient (Wildman–Crippen LogP) is 3.28. The van der Waals surface area contributed by atoms with Crippen LogP contribution < -0.4 is 5.32 Å². The molecule has 1 N–H and O–H groups in total. The van der Waals surface area contributed by atoms with Gasteiger partial charge in [-0.25, -0.2) is 0 Å². The van der Waals surface area contributed by atoms with Crippen LogP contribution in [0, 0.1) is 5.92 Å². The van der Waals surface area contributed by atoms with Crippen LogP contribution in [0.5, 0.6) is 0 Å². The van der Waals surface area contributed by atoms with Crippen molar-refractivity contribution >= 4 is 29.0 Å². The van der Waals surface area contributed by atoms with E-state index in [0.717, 1.165) is 18.7 Å². The second-order valence-corrected chi connectivity index (χ2v) is 5.18. The van der Waals surface area contributed by atoms with Crippen molar-refractivity contribution in [3.63, 3.8) is 0 Å². The Bertz CT molecular complexity index is 433. The highest BCUT2D eigenvalue weighted by Gasteiger charge is 2.32. The molecule has 4 heteroatoms. The van der Waals surface area contributed by atoms with Gasteiger partial charge in [-0.05, 0) is 17.7 Å². The first-order valence-corrected chi connectivity index (χ1v) is 6.57. The van der Waals surface area contributed by atoms with Crippen molar-refractivity contribution < 1.29 is 4.79 Å². The summed E-state index contributed by atoms with van der Waals surface area (Å²) in [7, 11) is 0. The Morgan fingerprint density at radius 2 is 2.12 bits per heavy atom. The fourth-order valence-electron chi connectivity index (χ4n) is 2.37. The zero-order valence-corrected chi connectivity index (χ0v) is 11.2. The molecule has 92 valence electrons. The molecule has 2 rings (SSSR count). The number of nitrogens with one attached hydrogen (secondary N) is 1. The molecule has 1 aliphatic heterocycles. The number of ketones is 1. The van der Waals surface area contributed by atoms with E-state index in [1.165, 1.54) is 0 Å². The number of carbonyl (C=O) groups is 1. The summed E-state index contributed by atoms with van der Waals surface area (Å²) < 4.78 is 0. The quantitative estimate of drug-likeness (QED) is 0.914. The minimum atomic E-state index is 0.0669. The standard InChI is InChI=1S/C13H15Cl2NO/c1-2-13(17)10-7-16-6-9(10)8-3-4-11(14)12(15)5-8/h3-5,9-10,16H,2,6-7H2,1H3/t9-,10+/m1/s1. The number of carbonyl (C=O) groups excluding carboxylic acids is 1. The summed E-state index contributed by atoms with van der Waals surface area (Å²) in [6.07, 6.45) is 0.587. The highest BCUT2D eigenvalue weighted by molar-refractivity contribution is 6.42. The zero-order chi connectivity index (χ0) is 12.4. The van der Waals surface area contributed by atoms with E-state index in [1.54, 1.807) is 6.07 Å². The normalized spacial score (nSPS) is 23.9. The second kappa shape index (κ2) is 5.38. The van der Waals surface area contributed by atoms with Gasteiger partial charge in [0.25, 0.3) is 0 Å². The summed E-state index contributed by atoms with van der Waals surface area (Å²) in [5, 5.41) is 4.38. The second-order valence-electron chi connectivity index (χ2n) is 4.36. The molecule has 0 unspecified atom stereocenters. The fraction of sp³-hybridized carbons (Fsp3) is 0.462. The Morgan fingerprint density at radius 1 is 1.35 bits per heavy atom. The molecule has 2 atom stereocenters. The van der Waals surface area contributed by atoms with Gasteiger partial charge in [-0.15, -0.1) is 0 Å². The van der Waals surface area contributed by atoms with Gasteiger partial charge in [0.15, 0.2) is 0 Å². The van der Waals surface area contributed by atoms with Gasteiger partial charge in [-0.1, -0.05) is 36.2 Å². The van der Waals surface area contributed by atoms with Crippen LogP contribution in [0.15, 0.2) is 18.2 Å². The van der Waals surface area contributed by atoms with Crippen molar-refractivity contribution in [1.82, 2.24) is 5.32 Å². The van der Waals surface area contributed by atoms with Gasteiger partial charge in [0.2, 0.25) is 0 Å². The van der Waals surface area contributed by atoms with Crippen LogP contribution in [-0.2, 0) is 4.79 Å². The Hall–Kier alpha value is -0.570. The summed E-state index contributed by atoms with van der Waals surface area (Å²) in [4.78, 5) is 11.9. The Balaban J connectivity index is 2.26. The fourth-order valence-corrected chi connectivity index (χ4v) is 2.68. The van der Waals surface area contributed by atoms with Crippen LogP contribution >= 0.6 is 23.2 Å².